The maximum atomic E-state index is 12.2. The van der Waals surface area contributed by atoms with E-state index >= 15 is 0 Å². The Morgan fingerprint density at radius 1 is 1.39 bits per heavy atom. The van der Waals surface area contributed by atoms with E-state index in [9.17, 15) is 4.79 Å². The van der Waals surface area contributed by atoms with E-state index in [2.05, 4.69) is 0 Å². The van der Waals surface area contributed by atoms with Crippen LogP contribution in [0.3, 0.4) is 0 Å². The van der Waals surface area contributed by atoms with Crippen LogP contribution in [0.4, 0.5) is 4.79 Å². The molecule has 18 heavy (non-hydrogen) atoms. The normalized spacial score (nSPS) is 26.6. The molecule has 3 rings (SSSR count). The lowest BCUT2D eigenvalue weighted by atomic mass is 9.89. The van der Waals surface area contributed by atoms with Gasteiger partial charge in [0, 0.05) is 12.6 Å². The second-order valence-electron chi connectivity index (χ2n) is 4.76. The molecule has 0 unspecified atom stereocenters. The number of carbonyl (C=O) groups excluding carboxylic acids is 1. The third kappa shape index (κ3) is 1.16. The van der Waals surface area contributed by atoms with Crippen molar-refractivity contribution in [2.24, 2.45) is 0 Å². The van der Waals surface area contributed by atoms with Crippen molar-refractivity contribution in [1.29, 1.82) is 5.41 Å². The van der Waals surface area contributed by atoms with E-state index in [1.54, 1.807) is 11.9 Å². The predicted molar refractivity (Wildman–Crippen MR) is 66.9 cm³/mol. The molecule has 1 atom stereocenters. The van der Waals surface area contributed by atoms with E-state index in [-0.39, 0.29) is 6.03 Å². The Morgan fingerprint density at radius 3 is 2.89 bits per heavy atom. The molecular formula is C13H15N3O2. The first kappa shape index (κ1) is 11.1. The summed E-state index contributed by atoms with van der Waals surface area (Å²) in [4.78, 5) is 15.3. The van der Waals surface area contributed by atoms with Gasteiger partial charge in [-0.05, 0) is 13.0 Å². The van der Waals surface area contributed by atoms with Crippen molar-refractivity contribution in [2.45, 2.75) is 12.5 Å². The number of nitrogens with zero attached hydrogens (tertiary/aromatic N) is 2. The van der Waals surface area contributed by atoms with Gasteiger partial charge in [-0.15, -0.1) is 0 Å². The highest BCUT2D eigenvalue weighted by Gasteiger charge is 2.52. The van der Waals surface area contributed by atoms with Crippen molar-refractivity contribution < 1.29 is 9.53 Å². The van der Waals surface area contributed by atoms with Gasteiger partial charge < -0.3 is 9.64 Å². The molecule has 1 saturated heterocycles. The fraction of sp³-hybridized carbons (Fsp3) is 0.385. The number of ether oxygens (including phenoxy) is 1. The SMILES string of the molecule is CN1C(=O)N2CCOc3ccccc3[C@@]1(C)C2=N. The van der Waals surface area contributed by atoms with Crippen LogP contribution < -0.4 is 4.74 Å². The van der Waals surface area contributed by atoms with Crippen molar-refractivity contribution in [1.82, 2.24) is 9.80 Å². The summed E-state index contributed by atoms with van der Waals surface area (Å²) in [5.41, 5.74) is 0.127. The number of amidine groups is 1. The third-order valence-electron chi connectivity index (χ3n) is 3.90. The smallest absolute Gasteiger partial charge is 0.326 e. The summed E-state index contributed by atoms with van der Waals surface area (Å²) in [6.45, 7) is 2.72. The zero-order valence-corrected chi connectivity index (χ0v) is 10.4. The molecule has 0 aliphatic carbocycles. The van der Waals surface area contributed by atoms with Gasteiger partial charge >= 0.3 is 6.03 Å². The van der Waals surface area contributed by atoms with E-state index in [1.165, 1.54) is 4.90 Å². The third-order valence-corrected chi connectivity index (χ3v) is 3.90. The summed E-state index contributed by atoms with van der Waals surface area (Å²) in [6, 6.07) is 7.48. The van der Waals surface area contributed by atoms with Crippen molar-refractivity contribution in [2.75, 3.05) is 20.2 Å². The lowest BCUT2D eigenvalue weighted by Crippen LogP contribution is -2.43. The number of rotatable bonds is 0. The van der Waals surface area contributed by atoms with Crippen molar-refractivity contribution in [3.63, 3.8) is 0 Å². The number of benzene rings is 1. The molecule has 2 bridgehead atoms. The van der Waals surface area contributed by atoms with Crippen molar-refractivity contribution in [3.05, 3.63) is 29.8 Å². The zero-order valence-electron chi connectivity index (χ0n) is 10.4. The topological polar surface area (TPSA) is 56.6 Å². The fourth-order valence-electron chi connectivity index (χ4n) is 2.65. The maximum absolute atomic E-state index is 12.2. The van der Waals surface area contributed by atoms with Gasteiger partial charge in [-0.2, -0.15) is 0 Å². The van der Waals surface area contributed by atoms with Crippen LogP contribution in [0.2, 0.25) is 0 Å². The Kier molecular flexibility index (Phi) is 2.14. The van der Waals surface area contributed by atoms with Gasteiger partial charge in [-0.25, -0.2) is 4.79 Å². The molecule has 0 saturated carbocycles. The molecule has 2 aliphatic rings. The van der Waals surface area contributed by atoms with Crippen LogP contribution in [0.5, 0.6) is 5.75 Å². The fourth-order valence-corrected chi connectivity index (χ4v) is 2.65. The predicted octanol–water partition coefficient (Wildman–Crippen LogP) is 1.64. The van der Waals surface area contributed by atoms with E-state index in [4.69, 9.17) is 10.1 Å². The summed E-state index contributed by atoms with van der Waals surface area (Å²) in [7, 11) is 1.74. The van der Waals surface area contributed by atoms with Gasteiger partial charge in [-0.1, -0.05) is 18.2 Å². The number of fused-ring (bicyclic) bond motifs is 4. The number of nitrogens with one attached hydrogen (secondary N) is 1. The molecule has 2 heterocycles. The first-order valence-electron chi connectivity index (χ1n) is 5.93. The number of para-hydroxylation sites is 1. The molecule has 2 aliphatic heterocycles. The van der Waals surface area contributed by atoms with E-state index in [1.807, 2.05) is 31.2 Å². The highest BCUT2D eigenvalue weighted by atomic mass is 16.5. The van der Waals surface area contributed by atoms with Gasteiger partial charge in [-0.3, -0.25) is 10.3 Å². The number of carbonyl (C=O) groups is 1. The van der Waals surface area contributed by atoms with E-state index < -0.39 is 5.54 Å². The van der Waals surface area contributed by atoms with Crippen molar-refractivity contribution >= 4 is 11.9 Å². The second-order valence-corrected chi connectivity index (χ2v) is 4.76. The molecule has 5 nitrogen and oxygen atoms in total. The summed E-state index contributed by atoms with van der Waals surface area (Å²) >= 11 is 0. The number of urea groups is 1. The summed E-state index contributed by atoms with van der Waals surface area (Å²) < 4.78 is 5.70. The summed E-state index contributed by atoms with van der Waals surface area (Å²) in [5, 5.41) is 8.30. The van der Waals surface area contributed by atoms with Crippen LogP contribution in [-0.2, 0) is 5.54 Å². The molecule has 0 spiro atoms. The summed E-state index contributed by atoms with van der Waals surface area (Å²) in [6.07, 6.45) is 0. The van der Waals surface area contributed by atoms with Gasteiger partial charge in [0.1, 0.15) is 23.7 Å². The molecule has 94 valence electrons. The second kappa shape index (κ2) is 3.48. The molecular weight excluding hydrogens is 230 g/mol. The first-order valence-corrected chi connectivity index (χ1v) is 5.93. The number of likely N-dealkylation sites (N-methyl/N-ethyl adjacent to an activating group) is 1. The molecule has 1 aromatic rings. The number of hydrogen-bond donors (Lipinski definition) is 1. The minimum Gasteiger partial charge on any atom is -0.491 e. The first-order chi connectivity index (χ1) is 8.56. The van der Waals surface area contributed by atoms with Crippen LogP contribution in [0, 0.1) is 5.41 Å². The molecule has 2 amide bonds. The monoisotopic (exact) mass is 245 g/mol. The number of hydrogen-bond acceptors (Lipinski definition) is 3. The van der Waals surface area contributed by atoms with Crippen LogP contribution in [0.1, 0.15) is 12.5 Å². The van der Waals surface area contributed by atoms with Gasteiger partial charge in [0.15, 0.2) is 0 Å². The quantitative estimate of drug-likeness (QED) is 0.755. The molecule has 1 fully saturated rings. The summed E-state index contributed by atoms with van der Waals surface area (Å²) in [5.74, 6) is 1.08. The van der Waals surface area contributed by atoms with Crippen LogP contribution in [-0.4, -0.2) is 41.9 Å². The van der Waals surface area contributed by atoms with Gasteiger partial charge in [0.05, 0.1) is 6.54 Å². The molecule has 0 aromatic heterocycles. The van der Waals surface area contributed by atoms with Gasteiger partial charge in [0.25, 0.3) is 0 Å². The Morgan fingerprint density at radius 2 is 2.11 bits per heavy atom. The lowest BCUT2D eigenvalue weighted by molar-refractivity contribution is 0.183. The Balaban J connectivity index is 2.26. The number of amides is 2. The molecule has 1 N–H and O–H groups in total. The van der Waals surface area contributed by atoms with Crippen LogP contribution in [0.15, 0.2) is 24.3 Å². The standard InChI is InChI=1S/C13H15N3O2/c1-13-9-5-3-4-6-10(9)18-8-7-16(11(13)14)12(17)15(13)2/h3-6,14H,7-8H2,1-2H3/t13-/m0/s1. The van der Waals surface area contributed by atoms with Crippen LogP contribution in [0.25, 0.3) is 0 Å². The highest BCUT2D eigenvalue weighted by molar-refractivity contribution is 6.08. The Bertz CT molecular complexity index is 543. The minimum absolute atomic E-state index is 0.136. The molecule has 1 aromatic carbocycles. The van der Waals surface area contributed by atoms with Crippen molar-refractivity contribution in [3.8, 4) is 5.75 Å². The van der Waals surface area contributed by atoms with E-state index in [0.29, 0.717) is 19.0 Å². The zero-order chi connectivity index (χ0) is 12.9. The Labute approximate surface area is 105 Å². The average molecular weight is 245 g/mol. The van der Waals surface area contributed by atoms with Crippen LogP contribution >= 0.6 is 0 Å². The molecule has 0 radical (unpaired) electrons. The maximum Gasteiger partial charge on any atom is 0.326 e. The highest BCUT2D eigenvalue weighted by Crippen LogP contribution is 2.41. The molecule has 5 heteroatoms. The largest absolute Gasteiger partial charge is 0.491 e. The Hall–Kier alpha value is -2.04. The van der Waals surface area contributed by atoms with Gasteiger partial charge in [0.2, 0.25) is 0 Å². The average Bonchev–Trinajstić information content (AvgIpc) is 2.56. The minimum atomic E-state index is -0.742. The lowest BCUT2D eigenvalue weighted by Gasteiger charge is -2.33. The van der Waals surface area contributed by atoms with E-state index in [0.717, 1.165) is 11.3 Å².